The first-order valence-corrected chi connectivity index (χ1v) is 7.93. The topological polar surface area (TPSA) is 53.3 Å². The molecule has 1 aromatic heterocycles. The van der Waals surface area contributed by atoms with Crippen molar-refractivity contribution in [3.8, 4) is 16.5 Å². The van der Waals surface area contributed by atoms with Gasteiger partial charge in [0.15, 0.2) is 0 Å². The smallest absolute Gasteiger partial charge is 0.248 e. The van der Waals surface area contributed by atoms with Crippen molar-refractivity contribution in [3.63, 3.8) is 0 Å². The van der Waals surface area contributed by atoms with Gasteiger partial charge >= 0.3 is 0 Å². The SMILES string of the molecule is COCC(=O)N1CCc2c(sc(-c3ccccc3)c2C#N)C1. The Morgan fingerprint density at radius 2 is 2.18 bits per heavy atom. The molecule has 0 fully saturated rings. The number of methoxy groups -OCH3 is 1. The van der Waals surface area contributed by atoms with Gasteiger partial charge in [0.1, 0.15) is 12.7 Å². The average molecular weight is 312 g/mol. The fourth-order valence-corrected chi connectivity index (χ4v) is 4.06. The second-order valence-corrected chi connectivity index (χ2v) is 6.29. The van der Waals surface area contributed by atoms with Gasteiger partial charge in [-0.2, -0.15) is 5.26 Å². The van der Waals surface area contributed by atoms with Gasteiger partial charge in [0.2, 0.25) is 5.91 Å². The van der Waals surface area contributed by atoms with E-state index in [4.69, 9.17) is 4.74 Å². The van der Waals surface area contributed by atoms with Gasteiger partial charge in [0.05, 0.1) is 17.0 Å². The van der Waals surface area contributed by atoms with Crippen molar-refractivity contribution in [1.29, 1.82) is 5.26 Å². The standard InChI is InChI=1S/C17H16N2O2S/c1-21-11-16(20)19-8-7-13-14(9-18)17(22-15(13)10-19)12-5-3-2-4-6-12/h2-6H,7-8,10-11H2,1H3. The van der Waals surface area contributed by atoms with Crippen molar-refractivity contribution in [2.75, 3.05) is 20.3 Å². The number of rotatable bonds is 3. The number of nitriles is 1. The Labute approximate surface area is 133 Å². The summed E-state index contributed by atoms with van der Waals surface area (Å²) in [6.07, 6.45) is 0.733. The van der Waals surface area contributed by atoms with Crippen LogP contribution in [0.4, 0.5) is 0 Å². The van der Waals surface area contributed by atoms with E-state index in [2.05, 4.69) is 6.07 Å². The molecule has 22 heavy (non-hydrogen) atoms. The summed E-state index contributed by atoms with van der Waals surface area (Å²) in [7, 11) is 1.53. The molecule has 3 rings (SSSR count). The zero-order chi connectivity index (χ0) is 15.5. The van der Waals surface area contributed by atoms with Crippen LogP contribution in [0.5, 0.6) is 0 Å². The molecule has 0 saturated carbocycles. The monoisotopic (exact) mass is 312 g/mol. The molecule has 2 aromatic rings. The van der Waals surface area contributed by atoms with Gasteiger partial charge in [-0.15, -0.1) is 11.3 Å². The van der Waals surface area contributed by atoms with Crippen LogP contribution in [0.3, 0.4) is 0 Å². The van der Waals surface area contributed by atoms with Crippen LogP contribution in [0.2, 0.25) is 0 Å². The van der Waals surface area contributed by atoms with Crippen molar-refractivity contribution in [3.05, 3.63) is 46.3 Å². The molecule has 0 radical (unpaired) electrons. The number of amides is 1. The molecular formula is C17H16N2O2S. The summed E-state index contributed by atoms with van der Waals surface area (Å²) in [6, 6.07) is 12.3. The van der Waals surface area contributed by atoms with E-state index in [0.29, 0.717) is 13.1 Å². The normalized spacial score (nSPS) is 13.5. The minimum absolute atomic E-state index is 0.00122. The number of thiophene rings is 1. The number of carbonyl (C=O) groups excluding carboxylic acids is 1. The molecule has 0 unspecified atom stereocenters. The van der Waals surface area contributed by atoms with Crippen molar-refractivity contribution >= 4 is 17.2 Å². The van der Waals surface area contributed by atoms with Gasteiger partial charge in [-0.1, -0.05) is 30.3 Å². The first-order valence-electron chi connectivity index (χ1n) is 7.11. The number of benzene rings is 1. The van der Waals surface area contributed by atoms with Gasteiger partial charge in [-0.25, -0.2) is 0 Å². The van der Waals surface area contributed by atoms with Crippen molar-refractivity contribution < 1.29 is 9.53 Å². The number of nitrogens with zero attached hydrogens (tertiary/aromatic N) is 2. The molecule has 0 aliphatic carbocycles. The Morgan fingerprint density at radius 1 is 1.41 bits per heavy atom. The molecule has 5 heteroatoms. The summed E-state index contributed by atoms with van der Waals surface area (Å²) in [5, 5.41) is 9.54. The Kier molecular flexibility index (Phi) is 4.23. The van der Waals surface area contributed by atoms with E-state index in [1.165, 1.54) is 7.11 Å². The van der Waals surface area contributed by atoms with Gasteiger partial charge < -0.3 is 9.64 Å². The van der Waals surface area contributed by atoms with Gasteiger partial charge in [-0.3, -0.25) is 4.79 Å². The van der Waals surface area contributed by atoms with Crippen LogP contribution in [0.1, 0.15) is 16.0 Å². The molecule has 112 valence electrons. The quantitative estimate of drug-likeness (QED) is 0.875. The molecule has 1 aromatic carbocycles. The summed E-state index contributed by atoms with van der Waals surface area (Å²) < 4.78 is 4.92. The molecule has 0 spiro atoms. The van der Waals surface area contributed by atoms with Crippen molar-refractivity contribution in [2.45, 2.75) is 13.0 Å². The second kappa shape index (κ2) is 6.30. The minimum Gasteiger partial charge on any atom is -0.375 e. The van der Waals surface area contributed by atoms with Crippen LogP contribution in [-0.2, 0) is 22.5 Å². The number of hydrogen-bond donors (Lipinski definition) is 0. The highest BCUT2D eigenvalue weighted by molar-refractivity contribution is 7.16. The third-order valence-electron chi connectivity index (χ3n) is 3.83. The Morgan fingerprint density at radius 3 is 2.86 bits per heavy atom. The van der Waals surface area contributed by atoms with Crippen LogP contribution in [0.25, 0.3) is 10.4 Å². The summed E-state index contributed by atoms with van der Waals surface area (Å²) in [4.78, 5) is 15.9. The zero-order valence-corrected chi connectivity index (χ0v) is 13.2. The van der Waals surface area contributed by atoms with Crippen LogP contribution in [0, 0.1) is 11.3 Å². The van der Waals surface area contributed by atoms with Gasteiger partial charge in [-0.05, 0) is 17.5 Å². The maximum atomic E-state index is 12.0. The Balaban J connectivity index is 1.95. The van der Waals surface area contributed by atoms with Crippen LogP contribution in [0.15, 0.2) is 30.3 Å². The minimum atomic E-state index is 0.00122. The zero-order valence-electron chi connectivity index (χ0n) is 12.3. The first kappa shape index (κ1) is 14.8. The van der Waals surface area contributed by atoms with Crippen LogP contribution >= 0.6 is 11.3 Å². The fourth-order valence-electron chi connectivity index (χ4n) is 2.74. The molecule has 0 saturated heterocycles. The molecule has 0 bridgehead atoms. The predicted molar refractivity (Wildman–Crippen MR) is 85.5 cm³/mol. The van der Waals surface area contributed by atoms with Gasteiger partial charge in [0, 0.05) is 18.5 Å². The van der Waals surface area contributed by atoms with E-state index < -0.39 is 0 Å². The summed E-state index contributed by atoms with van der Waals surface area (Å²) >= 11 is 1.62. The number of carbonyl (C=O) groups is 1. The number of hydrogen-bond acceptors (Lipinski definition) is 4. The fraction of sp³-hybridized carbons (Fsp3) is 0.294. The van der Waals surface area contributed by atoms with E-state index in [1.807, 2.05) is 30.3 Å². The van der Waals surface area contributed by atoms with Crippen LogP contribution in [-0.4, -0.2) is 31.1 Å². The maximum absolute atomic E-state index is 12.0. The summed E-state index contributed by atoms with van der Waals surface area (Å²) in [5.74, 6) is 0.00122. The van der Waals surface area contributed by atoms with Crippen molar-refractivity contribution in [2.24, 2.45) is 0 Å². The molecule has 0 N–H and O–H groups in total. The molecule has 0 atom stereocenters. The lowest BCUT2D eigenvalue weighted by molar-refractivity contribution is -0.136. The third-order valence-corrected chi connectivity index (χ3v) is 5.09. The lowest BCUT2D eigenvalue weighted by Gasteiger charge is -2.26. The molecule has 1 aliphatic heterocycles. The lowest BCUT2D eigenvalue weighted by Crippen LogP contribution is -2.37. The van der Waals surface area contributed by atoms with Crippen LogP contribution < -0.4 is 0 Å². The predicted octanol–water partition coefficient (Wildman–Crippen LogP) is 2.82. The van der Waals surface area contributed by atoms with E-state index in [0.717, 1.165) is 32.9 Å². The number of ether oxygens (including phenoxy) is 1. The maximum Gasteiger partial charge on any atom is 0.248 e. The van der Waals surface area contributed by atoms with E-state index in [9.17, 15) is 10.1 Å². The van der Waals surface area contributed by atoms with Gasteiger partial charge in [0.25, 0.3) is 0 Å². The lowest BCUT2D eigenvalue weighted by atomic mass is 10.00. The highest BCUT2D eigenvalue weighted by atomic mass is 32.1. The van der Waals surface area contributed by atoms with E-state index in [-0.39, 0.29) is 12.5 Å². The molecule has 1 aliphatic rings. The largest absolute Gasteiger partial charge is 0.375 e. The molecule has 4 nitrogen and oxygen atoms in total. The number of fused-ring (bicyclic) bond motifs is 1. The molecular weight excluding hydrogens is 296 g/mol. The average Bonchev–Trinajstić information content (AvgIpc) is 2.93. The molecule has 1 amide bonds. The van der Waals surface area contributed by atoms with E-state index >= 15 is 0 Å². The first-order chi connectivity index (χ1) is 10.7. The van der Waals surface area contributed by atoms with Crippen molar-refractivity contribution in [1.82, 2.24) is 4.90 Å². The highest BCUT2D eigenvalue weighted by Gasteiger charge is 2.27. The summed E-state index contributed by atoms with van der Waals surface area (Å²) in [6.45, 7) is 1.33. The summed E-state index contributed by atoms with van der Waals surface area (Å²) in [5.41, 5.74) is 2.94. The highest BCUT2D eigenvalue weighted by Crippen LogP contribution is 2.39. The molecule has 2 heterocycles. The Hall–Kier alpha value is -2.16. The Bertz CT molecular complexity index is 731. The third kappa shape index (κ3) is 2.63. The second-order valence-electron chi connectivity index (χ2n) is 5.18. The van der Waals surface area contributed by atoms with E-state index in [1.54, 1.807) is 16.2 Å².